The predicted molar refractivity (Wildman–Crippen MR) is 92.3 cm³/mol. The number of carbonyl (C=O) groups excluding carboxylic acids is 2. The van der Waals surface area contributed by atoms with Gasteiger partial charge in [-0.25, -0.2) is 0 Å². The summed E-state index contributed by atoms with van der Waals surface area (Å²) in [6.45, 7) is 5.14. The van der Waals surface area contributed by atoms with Crippen LogP contribution in [0.2, 0.25) is 0 Å². The van der Waals surface area contributed by atoms with E-state index >= 15 is 0 Å². The number of esters is 1. The lowest BCUT2D eigenvalue weighted by Crippen LogP contribution is -2.22. The Balaban J connectivity index is 2.66. The number of allylic oxidation sites excluding steroid dienone is 2. The van der Waals surface area contributed by atoms with Crippen LogP contribution in [-0.4, -0.2) is 18.9 Å². The van der Waals surface area contributed by atoms with Crippen molar-refractivity contribution in [3.63, 3.8) is 0 Å². The molecular formula is C20H22O4. The van der Waals surface area contributed by atoms with Gasteiger partial charge in [0.2, 0.25) is 0 Å². The van der Waals surface area contributed by atoms with Crippen LogP contribution in [0.5, 0.6) is 5.75 Å². The number of benzene rings is 1. The topological polar surface area (TPSA) is 52.6 Å². The molecule has 1 unspecified atom stereocenters. The minimum Gasteiger partial charge on any atom is -0.496 e. The molecule has 1 aliphatic carbocycles. The van der Waals surface area contributed by atoms with Gasteiger partial charge in [-0.15, -0.1) is 5.92 Å². The largest absolute Gasteiger partial charge is 0.496 e. The monoisotopic (exact) mass is 326 g/mol. The molecule has 0 saturated carbocycles. The van der Waals surface area contributed by atoms with Crippen molar-refractivity contribution in [1.29, 1.82) is 0 Å². The van der Waals surface area contributed by atoms with Crippen LogP contribution in [0.25, 0.3) is 5.57 Å². The third kappa shape index (κ3) is 3.68. The Morgan fingerprint density at radius 3 is 2.71 bits per heavy atom. The van der Waals surface area contributed by atoms with Crippen molar-refractivity contribution in [3.05, 3.63) is 35.1 Å². The number of carbonyl (C=O) groups is 2. The third-order valence-corrected chi connectivity index (χ3v) is 4.10. The molecule has 0 aromatic heterocycles. The van der Waals surface area contributed by atoms with Crippen LogP contribution in [0.1, 0.15) is 51.2 Å². The first-order chi connectivity index (χ1) is 11.5. The highest BCUT2D eigenvalue weighted by molar-refractivity contribution is 6.23. The van der Waals surface area contributed by atoms with Crippen molar-refractivity contribution in [2.45, 2.75) is 40.0 Å². The molecule has 4 nitrogen and oxygen atoms in total. The summed E-state index contributed by atoms with van der Waals surface area (Å²) >= 11 is 0. The van der Waals surface area contributed by atoms with Gasteiger partial charge in [-0.1, -0.05) is 12.8 Å². The number of rotatable bonds is 4. The molecule has 24 heavy (non-hydrogen) atoms. The summed E-state index contributed by atoms with van der Waals surface area (Å²) in [4.78, 5) is 24.1. The lowest BCUT2D eigenvalue weighted by Gasteiger charge is -2.26. The summed E-state index contributed by atoms with van der Waals surface area (Å²) < 4.78 is 10.9. The van der Waals surface area contributed by atoms with Crippen molar-refractivity contribution >= 4 is 17.3 Å². The molecule has 0 saturated heterocycles. The van der Waals surface area contributed by atoms with Gasteiger partial charge in [0.25, 0.3) is 0 Å². The SMILES string of the molecule is CC#Cc1ccc(C2=C(OC(C)=O)C(CC)CCC2=O)c(OC)c1. The van der Waals surface area contributed by atoms with E-state index in [9.17, 15) is 9.59 Å². The van der Waals surface area contributed by atoms with Gasteiger partial charge in [0.15, 0.2) is 5.78 Å². The number of methoxy groups -OCH3 is 1. The number of hydrogen-bond donors (Lipinski definition) is 0. The van der Waals surface area contributed by atoms with E-state index in [1.165, 1.54) is 6.92 Å². The zero-order valence-corrected chi connectivity index (χ0v) is 14.6. The fourth-order valence-electron chi connectivity index (χ4n) is 2.98. The second-order valence-electron chi connectivity index (χ2n) is 5.69. The van der Waals surface area contributed by atoms with Gasteiger partial charge in [-0.2, -0.15) is 0 Å². The second kappa shape index (κ2) is 7.83. The van der Waals surface area contributed by atoms with Crippen molar-refractivity contribution in [2.24, 2.45) is 5.92 Å². The highest BCUT2D eigenvalue weighted by Gasteiger charge is 2.32. The Hall–Kier alpha value is -2.54. The number of Topliss-reactive ketones (excluding diaryl/α,β-unsaturated/α-hetero) is 1. The van der Waals surface area contributed by atoms with E-state index in [-0.39, 0.29) is 11.7 Å². The molecule has 1 aromatic carbocycles. The molecule has 0 fully saturated rings. The van der Waals surface area contributed by atoms with Gasteiger partial charge >= 0.3 is 5.97 Å². The van der Waals surface area contributed by atoms with Gasteiger partial charge in [0.1, 0.15) is 11.5 Å². The van der Waals surface area contributed by atoms with Crippen molar-refractivity contribution in [2.75, 3.05) is 7.11 Å². The van der Waals surface area contributed by atoms with Gasteiger partial charge in [0.05, 0.1) is 12.7 Å². The van der Waals surface area contributed by atoms with E-state index in [0.29, 0.717) is 35.5 Å². The summed E-state index contributed by atoms with van der Waals surface area (Å²) in [5.74, 6) is 6.45. The minimum atomic E-state index is -0.414. The maximum absolute atomic E-state index is 12.6. The standard InChI is InChI=1S/C20H22O4/c1-5-7-14-8-10-16(18(12-14)23-4)19-17(22)11-9-15(6-2)20(19)24-13(3)21/h8,10,12,15H,6,9,11H2,1-4H3. The van der Waals surface area contributed by atoms with Crippen LogP contribution in [0, 0.1) is 17.8 Å². The van der Waals surface area contributed by atoms with E-state index in [0.717, 1.165) is 12.0 Å². The average Bonchev–Trinajstić information content (AvgIpc) is 2.55. The summed E-state index contributed by atoms with van der Waals surface area (Å²) in [6.07, 6.45) is 1.95. The summed E-state index contributed by atoms with van der Waals surface area (Å²) in [5.41, 5.74) is 1.91. The molecule has 126 valence electrons. The van der Waals surface area contributed by atoms with E-state index in [4.69, 9.17) is 9.47 Å². The number of ketones is 1. The maximum Gasteiger partial charge on any atom is 0.307 e. The van der Waals surface area contributed by atoms with Crippen LogP contribution < -0.4 is 4.74 Å². The zero-order valence-electron chi connectivity index (χ0n) is 14.6. The number of ether oxygens (including phenoxy) is 2. The Morgan fingerprint density at radius 2 is 2.12 bits per heavy atom. The van der Waals surface area contributed by atoms with Gasteiger partial charge in [0, 0.05) is 30.4 Å². The van der Waals surface area contributed by atoms with E-state index in [1.54, 1.807) is 20.1 Å². The summed E-state index contributed by atoms with van der Waals surface area (Å²) in [7, 11) is 1.55. The third-order valence-electron chi connectivity index (χ3n) is 4.10. The van der Waals surface area contributed by atoms with Crippen LogP contribution >= 0.6 is 0 Å². The lowest BCUT2D eigenvalue weighted by atomic mass is 9.82. The Morgan fingerprint density at radius 1 is 1.38 bits per heavy atom. The maximum atomic E-state index is 12.6. The Kier molecular flexibility index (Phi) is 5.81. The Labute approximate surface area is 142 Å². The molecular weight excluding hydrogens is 304 g/mol. The van der Waals surface area contributed by atoms with Crippen molar-refractivity contribution in [3.8, 4) is 17.6 Å². The van der Waals surface area contributed by atoms with E-state index in [2.05, 4.69) is 11.8 Å². The lowest BCUT2D eigenvalue weighted by molar-refractivity contribution is -0.137. The van der Waals surface area contributed by atoms with Crippen molar-refractivity contribution < 1.29 is 19.1 Å². The molecule has 1 aliphatic rings. The normalized spacial score (nSPS) is 17.2. The first-order valence-electron chi connectivity index (χ1n) is 8.08. The van der Waals surface area contributed by atoms with Gasteiger partial charge < -0.3 is 9.47 Å². The molecule has 4 heteroatoms. The molecule has 0 radical (unpaired) electrons. The molecule has 2 rings (SSSR count). The van der Waals surface area contributed by atoms with Crippen molar-refractivity contribution in [1.82, 2.24) is 0 Å². The second-order valence-corrected chi connectivity index (χ2v) is 5.69. The summed E-state index contributed by atoms with van der Waals surface area (Å²) in [6, 6.07) is 5.45. The first-order valence-corrected chi connectivity index (χ1v) is 8.08. The molecule has 0 aliphatic heterocycles. The molecule has 0 spiro atoms. The average molecular weight is 326 g/mol. The molecule has 0 N–H and O–H groups in total. The molecule has 0 bridgehead atoms. The van der Waals surface area contributed by atoms with Gasteiger partial charge in [-0.05, 0) is 38.0 Å². The highest BCUT2D eigenvalue weighted by Crippen LogP contribution is 2.39. The molecule has 1 atom stereocenters. The zero-order chi connectivity index (χ0) is 17.7. The van der Waals surface area contributed by atoms with E-state index < -0.39 is 5.97 Å². The van der Waals surface area contributed by atoms with Crippen LogP contribution in [0.15, 0.2) is 24.0 Å². The smallest absolute Gasteiger partial charge is 0.307 e. The molecule has 0 heterocycles. The van der Waals surface area contributed by atoms with Crippen LogP contribution in [0.4, 0.5) is 0 Å². The first kappa shape index (κ1) is 17.8. The molecule has 0 amide bonds. The number of hydrogen-bond acceptors (Lipinski definition) is 4. The van der Waals surface area contributed by atoms with Crippen LogP contribution in [0.3, 0.4) is 0 Å². The fraction of sp³-hybridized carbons (Fsp3) is 0.400. The fourth-order valence-corrected chi connectivity index (χ4v) is 2.98. The van der Waals surface area contributed by atoms with E-state index in [1.807, 2.05) is 19.1 Å². The Bertz CT molecular complexity index is 747. The van der Waals surface area contributed by atoms with Gasteiger partial charge in [-0.3, -0.25) is 9.59 Å². The quantitative estimate of drug-likeness (QED) is 0.625. The molecule has 1 aromatic rings. The van der Waals surface area contributed by atoms with Crippen LogP contribution in [-0.2, 0) is 14.3 Å². The predicted octanol–water partition coefficient (Wildman–Crippen LogP) is 3.73. The summed E-state index contributed by atoms with van der Waals surface area (Å²) in [5, 5.41) is 0. The highest BCUT2D eigenvalue weighted by atomic mass is 16.5. The minimum absolute atomic E-state index is 0.0245.